The smallest absolute Gasteiger partial charge is 0.0224 e. The first kappa shape index (κ1) is 16.6. The molecule has 0 aromatic carbocycles. The van der Waals surface area contributed by atoms with Gasteiger partial charge in [-0.05, 0) is 50.3 Å². The summed E-state index contributed by atoms with van der Waals surface area (Å²) in [5.41, 5.74) is 0.446. The summed E-state index contributed by atoms with van der Waals surface area (Å²) in [6, 6.07) is 1.56. The van der Waals surface area contributed by atoms with Crippen LogP contribution in [0.25, 0.3) is 0 Å². The average molecular weight is 299 g/mol. The zero-order chi connectivity index (χ0) is 14.6. The fourth-order valence-electron chi connectivity index (χ4n) is 4.45. The first-order valence-electron chi connectivity index (χ1n) is 8.73. The maximum absolute atomic E-state index is 4.74. The number of thiol groups is 1. The van der Waals surface area contributed by atoms with Crippen LogP contribution >= 0.6 is 12.6 Å². The summed E-state index contributed by atoms with van der Waals surface area (Å²) in [5, 5.41) is 0. The molecule has 0 radical (unpaired) electrons. The van der Waals surface area contributed by atoms with Crippen LogP contribution in [0.3, 0.4) is 0 Å². The molecule has 2 rings (SSSR count). The van der Waals surface area contributed by atoms with Crippen LogP contribution in [0.2, 0.25) is 0 Å². The molecule has 2 heterocycles. The molecule has 0 aromatic rings. The molecule has 3 heteroatoms. The van der Waals surface area contributed by atoms with E-state index in [1.807, 2.05) is 0 Å². The highest BCUT2D eigenvalue weighted by Gasteiger charge is 2.38. The predicted octanol–water partition coefficient (Wildman–Crippen LogP) is 3.67. The number of piperazine rings is 1. The number of hydrogen-bond donors (Lipinski definition) is 1. The van der Waals surface area contributed by atoms with Gasteiger partial charge in [0.25, 0.3) is 0 Å². The summed E-state index contributed by atoms with van der Waals surface area (Å²) < 4.78 is 0. The lowest BCUT2D eigenvalue weighted by atomic mass is 9.80. The second-order valence-electron chi connectivity index (χ2n) is 7.23. The van der Waals surface area contributed by atoms with Crippen molar-refractivity contribution in [3.05, 3.63) is 0 Å². The maximum Gasteiger partial charge on any atom is 0.0224 e. The average Bonchev–Trinajstić information content (AvgIpc) is 2.86. The van der Waals surface area contributed by atoms with Crippen molar-refractivity contribution in [3.63, 3.8) is 0 Å². The minimum atomic E-state index is 0.446. The number of nitrogens with zero attached hydrogens (tertiary/aromatic N) is 2. The number of hydrogen-bond acceptors (Lipinski definition) is 3. The van der Waals surface area contributed by atoms with Gasteiger partial charge >= 0.3 is 0 Å². The Balaban J connectivity index is 2.01. The third-order valence-electron chi connectivity index (χ3n) is 5.50. The molecule has 0 bridgehead atoms. The summed E-state index contributed by atoms with van der Waals surface area (Å²) in [5.74, 6) is 1.05. The van der Waals surface area contributed by atoms with E-state index in [-0.39, 0.29) is 0 Å². The van der Waals surface area contributed by atoms with Crippen molar-refractivity contribution in [3.8, 4) is 0 Å². The standard InChI is InChI=1S/C17H34N2S/c1-4-8-17(14-20,9-5-2)13-19-12-16-7-6-10-18(16)11-15(19)3/h15-16,20H,4-14H2,1-3H3. The summed E-state index contributed by atoms with van der Waals surface area (Å²) in [4.78, 5) is 5.51. The highest BCUT2D eigenvalue weighted by Crippen LogP contribution is 2.35. The van der Waals surface area contributed by atoms with Gasteiger partial charge in [-0.2, -0.15) is 12.6 Å². The highest BCUT2D eigenvalue weighted by molar-refractivity contribution is 7.80. The van der Waals surface area contributed by atoms with E-state index in [4.69, 9.17) is 12.6 Å². The third kappa shape index (κ3) is 3.72. The topological polar surface area (TPSA) is 6.48 Å². The molecule has 118 valence electrons. The van der Waals surface area contributed by atoms with Crippen molar-refractivity contribution in [2.45, 2.75) is 71.4 Å². The van der Waals surface area contributed by atoms with Crippen molar-refractivity contribution in [1.82, 2.24) is 9.80 Å². The van der Waals surface area contributed by atoms with Crippen LogP contribution in [0.15, 0.2) is 0 Å². The molecule has 2 atom stereocenters. The maximum atomic E-state index is 4.74. The molecule has 2 nitrogen and oxygen atoms in total. The van der Waals surface area contributed by atoms with E-state index in [1.165, 1.54) is 64.7 Å². The Labute approximate surface area is 131 Å². The van der Waals surface area contributed by atoms with Gasteiger partial charge in [0.1, 0.15) is 0 Å². The second-order valence-corrected chi connectivity index (χ2v) is 7.54. The third-order valence-corrected chi connectivity index (χ3v) is 6.17. The van der Waals surface area contributed by atoms with Gasteiger partial charge in [0.2, 0.25) is 0 Å². The first-order chi connectivity index (χ1) is 9.64. The molecule has 2 unspecified atom stereocenters. The van der Waals surface area contributed by atoms with Crippen molar-refractivity contribution < 1.29 is 0 Å². The lowest BCUT2D eigenvalue weighted by Gasteiger charge is -2.47. The molecule has 0 aliphatic carbocycles. The van der Waals surface area contributed by atoms with E-state index in [0.717, 1.165) is 17.8 Å². The van der Waals surface area contributed by atoms with Gasteiger partial charge in [-0.3, -0.25) is 9.80 Å². The molecular weight excluding hydrogens is 264 g/mol. The lowest BCUT2D eigenvalue weighted by molar-refractivity contribution is 0.0259. The summed E-state index contributed by atoms with van der Waals surface area (Å²) in [6.07, 6.45) is 8.08. The minimum absolute atomic E-state index is 0.446. The fraction of sp³-hybridized carbons (Fsp3) is 1.00. The molecule has 0 saturated carbocycles. The van der Waals surface area contributed by atoms with Crippen LogP contribution in [-0.4, -0.2) is 53.8 Å². The molecule has 0 aromatic heterocycles. The monoisotopic (exact) mass is 298 g/mol. The van der Waals surface area contributed by atoms with Gasteiger partial charge < -0.3 is 0 Å². The van der Waals surface area contributed by atoms with Crippen molar-refractivity contribution in [1.29, 1.82) is 0 Å². The molecule has 0 N–H and O–H groups in total. The van der Waals surface area contributed by atoms with Crippen LogP contribution in [0.1, 0.15) is 59.3 Å². The summed E-state index contributed by atoms with van der Waals surface area (Å²) in [7, 11) is 0. The quantitative estimate of drug-likeness (QED) is 0.717. The molecular formula is C17H34N2S. The summed E-state index contributed by atoms with van der Waals surface area (Å²) >= 11 is 4.74. The predicted molar refractivity (Wildman–Crippen MR) is 91.7 cm³/mol. The van der Waals surface area contributed by atoms with E-state index in [9.17, 15) is 0 Å². The fourth-order valence-corrected chi connectivity index (χ4v) is 4.87. The largest absolute Gasteiger partial charge is 0.298 e. The van der Waals surface area contributed by atoms with E-state index >= 15 is 0 Å². The van der Waals surface area contributed by atoms with Crippen LogP contribution in [0.4, 0.5) is 0 Å². The highest BCUT2D eigenvalue weighted by atomic mass is 32.1. The Bertz CT molecular complexity index is 289. The van der Waals surface area contributed by atoms with Crippen LogP contribution in [0, 0.1) is 5.41 Å². The Hall–Kier alpha value is 0.270. The normalized spacial score (nSPS) is 28.8. The van der Waals surface area contributed by atoms with Crippen molar-refractivity contribution in [2.24, 2.45) is 5.41 Å². The van der Waals surface area contributed by atoms with E-state index in [2.05, 4.69) is 30.6 Å². The molecule has 0 spiro atoms. The molecule has 2 fully saturated rings. The summed E-state index contributed by atoms with van der Waals surface area (Å²) in [6.45, 7) is 12.3. The molecule has 2 saturated heterocycles. The Morgan fingerprint density at radius 2 is 1.85 bits per heavy atom. The SMILES string of the molecule is CCCC(CS)(CCC)CN1CC2CCCN2CC1C. The zero-order valence-corrected chi connectivity index (χ0v) is 14.7. The zero-order valence-electron chi connectivity index (χ0n) is 13.8. The van der Waals surface area contributed by atoms with Crippen molar-refractivity contribution in [2.75, 3.05) is 31.9 Å². The second kappa shape index (κ2) is 7.51. The molecule has 20 heavy (non-hydrogen) atoms. The van der Waals surface area contributed by atoms with Crippen LogP contribution in [-0.2, 0) is 0 Å². The molecule has 2 aliphatic rings. The minimum Gasteiger partial charge on any atom is -0.298 e. The lowest BCUT2D eigenvalue weighted by Crippen LogP contribution is -2.57. The van der Waals surface area contributed by atoms with Gasteiger partial charge in [0.05, 0.1) is 0 Å². The Kier molecular flexibility index (Phi) is 6.25. The number of fused-ring (bicyclic) bond motifs is 1. The van der Waals surface area contributed by atoms with Gasteiger partial charge in [-0.1, -0.05) is 26.7 Å². The van der Waals surface area contributed by atoms with Gasteiger partial charge in [-0.25, -0.2) is 0 Å². The number of rotatable bonds is 7. The first-order valence-corrected chi connectivity index (χ1v) is 9.36. The van der Waals surface area contributed by atoms with Gasteiger partial charge in [-0.15, -0.1) is 0 Å². The van der Waals surface area contributed by atoms with Gasteiger partial charge in [0, 0.05) is 31.7 Å². The Morgan fingerprint density at radius 1 is 1.15 bits per heavy atom. The Morgan fingerprint density at radius 3 is 2.45 bits per heavy atom. The molecule has 2 aliphatic heterocycles. The van der Waals surface area contributed by atoms with Gasteiger partial charge in [0.15, 0.2) is 0 Å². The van der Waals surface area contributed by atoms with Crippen LogP contribution in [0.5, 0.6) is 0 Å². The van der Waals surface area contributed by atoms with Crippen molar-refractivity contribution >= 4 is 12.6 Å². The molecule has 0 amide bonds. The van der Waals surface area contributed by atoms with E-state index in [0.29, 0.717) is 5.41 Å². The van der Waals surface area contributed by atoms with E-state index < -0.39 is 0 Å². The van der Waals surface area contributed by atoms with Crippen LogP contribution < -0.4 is 0 Å². The van der Waals surface area contributed by atoms with E-state index in [1.54, 1.807) is 0 Å².